The van der Waals surface area contributed by atoms with E-state index in [2.05, 4.69) is 33.8 Å². The molecule has 0 spiro atoms. The van der Waals surface area contributed by atoms with Gasteiger partial charge in [0.1, 0.15) is 0 Å². The van der Waals surface area contributed by atoms with Crippen LogP contribution in [0.2, 0.25) is 0 Å². The van der Waals surface area contributed by atoms with Gasteiger partial charge in [-0.05, 0) is 55.9 Å². The average molecular weight is 246 g/mol. The lowest BCUT2D eigenvalue weighted by Crippen LogP contribution is -2.36. The maximum Gasteiger partial charge on any atom is 0.155 e. The number of hydrogen-bond acceptors (Lipinski definition) is 1. The van der Waals surface area contributed by atoms with Crippen LogP contribution in [-0.2, 0) is 4.79 Å². The Hall–Kier alpha value is -0.850. The molecule has 0 heterocycles. The number of hydrogen-bond donors (Lipinski definition) is 0. The molecule has 2 unspecified atom stereocenters. The van der Waals surface area contributed by atoms with Crippen molar-refractivity contribution >= 4 is 5.78 Å². The van der Waals surface area contributed by atoms with Crippen LogP contribution in [0.15, 0.2) is 23.3 Å². The molecule has 1 nitrogen and oxygen atoms in total. The summed E-state index contributed by atoms with van der Waals surface area (Å²) in [5.74, 6) is 1.46. The topological polar surface area (TPSA) is 17.1 Å². The van der Waals surface area contributed by atoms with Crippen molar-refractivity contribution in [3.8, 4) is 0 Å². The summed E-state index contributed by atoms with van der Waals surface area (Å²) < 4.78 is 0. The van der Waals surface area contributed by atoms with Crippen LogP contribution in [0.1, 0.15) is 59.8 Å². The van der Waals surface area contributed by atoms with Crippen LogP contribution < -0.4 is 0 Å². The first-order valence-electron chi connectivity index (χ1n) is 7.33. The molecular weight excluding hydrogens is 220 g/mol. The molecule has 0 radical (unpaired) electrons. The third-order valence-corrected chi connectivity index (χ3v) is 4.87. The fourth-order valence-corrected chi connectivity index (χ4v) is 4.08. The molecule has 0 aromatic heterocycles. The minimum atomic E-state index is 0.345. The van der Waals surface area contributed by atoms with Gasteiger partial charge in [-0.3, -0.25) is 4.79 Å². The summed E-state index contributed by atoms with van der Waals surface area (Å²) in [6.07, 6.45) is 9.65. The Bertz CT molecular complexity index is 398. The molecule has 2 aliphatic carbocycles. The molecule has 0 saturated heterocycles. The van der Waals surface area contributed by atoms with Gasteiger partial charge in [-0.2, -0.15) is 0 Å². The molecule has 2 aliphatic rings. The normalized spacial score (nSPS) is 31.9. The molecule has 0 N–H and O–H groups in total. The maximum atomic E-state index is 11.9. The average Bonchev–Trinajstić information content (AvgIpc) is 2.26. The van der Waals surface area contributed by atoms with Crippen molar-refractivity contribution < 1.29 is 4.79 Å². The van der Waals surface area contributed by atoms with E-state index in [1.165, 1.54) is 24.0 Å². The van der Waals surface area contributed by atoms with Gasteiger partial charge >= 0.3 is 0 Å². The van der Waals surface area contributed by atoms with E-state index in [4.69, 9.17) is 0 Å². The SMILES string of the molecule is CCC1=CC(=O)CC(C2C(C)=CCCC2(C)C)C1. The highest BCUT2D eigenvalue weighted by molar-refractivity contribution is 5.91. The van der Waals surface area contributed by atoms with Gasteiger partial charge < -0.3 is 0 Å². The zero-order valence-corrected chi connectivity index (χ0v) is 12.3. The number of ketones is 1. The summed E-state index contributed by atoms with van der Waals surface area (Å²) in [7, 11) is 0. The van der Waals surface area contributed by atoms with E-state index < -0.39 is 0 Å². The van der Waals surface area contributed by atoms with Gasteiger partial charge in [-0.1, -0.05) is 38.0 Å². The predicted octanol–water partition coefficient (Wildman–Crippen LogP) is 4.68. The summed E-state index contributed by atoms with van der Waals surface area (Å²) in [6, 6.07) is 0. The smallest absolute Gasteiger partial charge is 0.155 e. The molecule has 2 rings (SSSR count). The molecule has 18 heavy (non-hydrogen) atoms. The van der Waals surface area contributed by atoms with E-state index in [0.717, 1.165) is 19.3 Å². The second-order valence-electron chi connectivity index (χ2n) is 6.74. The number of carbonyl (C=O) groups is 1. The third kappa shape index (κ3) is 2.60. The lowest BCUT2D eigenvalue weighted by molar-refractivity contribution is -0.116. The van der Waals surface area contributed by atoms with Crippen molar-refractivity contribution in [3.05, 3.63) is 23.3 Å². The molecule has 0 aromatic rings. The van der Waals surface area contributed by atoms with Crippen molar-refractivity contribution in [1.82, 2.24) is 0 Å². The van der Waals surface area contributed by atoms with Crippen LogP contribution in [0, 0.1) is 17.3 Å². The fraction of sp³-hybridized carbons (Fsp3) is 0.706. The zero-order chi connectivity index (χ0) is 13.3. The van der Waals surface area contributed by atoms with Crippen molar-refractivity contribution in [2.45, 2.75) is 59.8 Å². The summed E-state index contributed by atoms with van der Waals surface area (Å²) in [4.78, 5) is 11.9. The van der Waals surface area contributed by atoms with Crippen molar-refractivity contribution in [2.75, 3.05) is 0 Å². The highest BCUT2D eigenvalue weighted by Gasteiger charge is 2.39. The molecule has 0 fully saturated rings. The van der Waals surface area contributed by atoms with Crippen LogP contribution in [0.3, 0.4) is 0 Å². The first-order valence-corrected chi connectivity index (χ1v) is 7.33. The van der Waals surface area contributed by atoms with Crippen LogP contribution in [-0.4, -0.2) is 5.78 Å². The van der Waals surface area contributed by atoms with E-state index >= 15 is 0 Å². The lowest BCUT2D eigenvalue weighted by atomic mass is 9.60. The number of carbonyl (C=O) groups excluding carboxylic acids is 1. The Morgan fingerprint density at radius 1 is 1.33 bits per heavy atom. The summed E-state index contributed by atoms with van der Waals surface area (Å²) in [6.45, 7) is 9.18. The standard InChI is InChI=1S/C17H26O/c1-5-13-9-14(11-15(18)10-13)16-12(2)7-6-8-17(16,3)4/h7,10,14,16H,5-6,8-9,11H2,1-4H3. The Morgan fingerprint density at radius 2 is 2.06 bits per heavy atom. The van der Waals surface area contributed by atoms with Gasteiger partial charge in [0.05, 0.1) is 0 Å². The molecule has 0 amide bonds. The van der Waals surface area contributed by atoms with Crippen LogP contribution in [0.4, 0.5) is 0 Å². The Kier molecular flexibility index (Phi) is 3.79. The number of rotatable bonds is 2. The predicted molar refractivity (Wildman–Crippen MR) is 76.4 cm³/mol. The Labute approximate surface area is 111 Å². The van der Waals surface area contributed by atoms with Crippen molar-refractivity contribution in [1.29, 1.82) is 0 Å². The molecule has 1 heteroatoms. The second kappa shape index (κ2) is 5.03. The molecule has 0 aliphatic heterocycles. The lowest BCUT2D eigenvalue weighted by Gasteiger charge is -2.44. The zero-order valence-electron chi connectivity index (χ0n) is 12.3. The van der Waals surface area contributed by atoms with E-state index in [1.54, 1.807) is 0 Å². The van der Waals surface area contributed by atoms with E-state index in [-0.39, 0.29) is 0 Å². The first kappa shape index (κ1) is 13.6. The fourth-order valence-electron chi connectivity index (χ4n) is 4.08. The van der Waals surface area contributed by atoms with Gasteiger partial charge in [-0.25, -0.2) is 0 Å². The van der Waals surface area contributed by atoms with Crippen molar-refractivity contribution in [3.63, 3.8) is 0 Å². The van der Waals surface area contributed by atoms with E-state index in [0.29, 0.717) is 23.0 Å². The van der Waals surface area contributed by atoms with Crippen LogP contribution in [0.5, 0.6) is 0 Å². The van der Waals surface area contributed by atoms with Crippen LogP contribution >= 0.6 is 0 Å². The molecule has 0 aromatic carbocycles. The monoisotopic (exact) mass is 246 g/mol. The van der Waals surface area contributed by atoms with Gasteiger partial charge in [-0.15, -0.1) is 0 Å². The van der Waals surface area contributed by atoms with Gasteiger partial charge in [0, 0.05) is 6.42 Å². The summed E-state index contributed by atoms with van der Waals surface area (Å²) >= 11 is 0. The largest absolute Gasteiger partial charge is 0.295 e. The highest BCUT2D eigenvalue weighted by atomic mass is 16.1. The minimum absolute atomic E-state index is 0.345. The number of allylic oxidation sites excluding steroid dienone is 4. The van der Waals surface area contributed by atoms with Gasteiger partial charge in [0.2, 0.25) is 0 Å². The Balaban J connectivity index is 2.25. The first-order chi connectivity index (χ1) is 8.44. The Morgan fingerprint density at radius 3 is 2.67 bits per heavy atom. The van der Waals surface area contributed by atoms with Gasteiger partial charge in [0.15, 0.2) is 5.78 Å². The van der Waals surface area contributed by atoms with E-state index in [9.17, 15) is 4.79 Å². The van der Waals surface area contributed by atoms with E-state index in [1.807, 2.05) is 6.08 Å². The highest BCUT2D eigenvalue weighted by Crippen LogP contribution is 2.48. The second-order valence-corrected chi connectivity index (χ2v) is 6.74. The molecular formula is C17H26O. The van der Waals surface area contributed by atoms with Crippen molar-refractivity contribution in [2.24, 2.45) is 17.3 Å². The summed E-state index contributed by atoms with van der Waals surface area (Å²) in [5, 5.41) is 0. The van der Waals surface area contributed by atoms with Gasteiger partial charge in [0.25, 0.3) is 0 Å². The molecule has 0 bridgehead atoms. The molecule has 0 saturated carbocycles. The molecule has 100 valence electrons. The summed E-state index contributed by atoms with van der Waals surface area (Å²) in [5.41, 5.74) is 3.21. The minimum Gasteiger partial charge on any atom is -0.295 e. The molecule has 2 atom stereocenters. The van der Waals surface area contributed by atoms with Crippen LogP contribution in [0.25, 0.3) is 0 Å². The third-order valence-electron chi connectivity index (χ3n) is 4.87. The maximum absolute atomic E-state index is 11.9. The quantitative estimate of drug-likeness (QED) is 0.646.